The highest BCUT2D eigenvalue weighted by molar-refractivity contribution is 5.82. The van der Waals surface area contributed by atoms with Crippen LogP contribution in [0.25, 0.3) is 0 Å². The van der Waals surface area contributed by atoms with Gasteiger partial charge < -0.3 is 19.6 Å². The van der Waals surface area contributed by atoms with Crippen LogP contribution in [-0.2, 0) is 6.54 Å². The van der Waals surface area contributed by atoms with Crippen LogP contribution < -0.4 is 19.6 Å². The van der Waals surface area contributed by atoms with Gasteiger partial charge in [0, 0.05) is 5.56 Å². The number of benzene rings is 2. The molecule has 5 heteroatoms. The zero-order valence-electron chi connectivity index (χ0n) is 14.4. The van der Waals surface area contributed by atoms with E-state index in [1.54, 1.807) is 20.4 Å². The number of rotatable bonds is 9. The van der Waals surface area contributed by atoms with Crippen molar-refractivity contribution in [2.75, 3.05) is 20.8 Å². The molecule has 1 N–H and O–H groups in total. The first-order valence-electron chi connectivity index (χ1n) is 7.97. The van der Waals surface area contributed by atoms with Gasteiger partial charge in [-0.25, -0.2) is 0 Å². The van der Waals surface area contributed by atoms with Crippen LogP contribution in [0.5, 0.6) is 17.2 Å². The molecule has 2 aromatic carbocycles. The topological polar surface area (TPSA) is 52.1 Å². The molecule has 2 aromatic rings. The molecule has 0 unspecified atom stereocenters. The molecule has 0 aliphatic carbocycles. The average Bonchev–Trinajstić information content (AvgIpc) is 2.64. The van der Waals surface area contributed by atoms with E-state index in [1.165, 1.54) is 5.56 Å². The molecule has 0 aliphatic heterocycles. The van der Waals surface area contributed by atoms with Gasteiger partial charge in [0.05, 0.1) is 33.6 Å². The van der Waals surface area contributed by atoms with E-state index >= 15 is 0 Å². The van der Waals surface area contributed by atoms with Crippen LogP contribution in [0.3, 0.4) is 0 Å². The van der Waals surface area contributed by atoms with Gasteiger partial charge >= 0.3 is 0 Å². The van der Waals surface area contributed by atoms with Crippen molar-refractivity contribution in [2.45, 2.75) is 19.9 Å². The summed E-state index contributed by atoms with van der Waals surface area (Å²) < 4.78 is 16.6. The second-order valence-electron chi connectivity index (χ2n) is 5.18. The fraction of sp³-hybridized carbons (Fsp3) is 0.316. The van der Waals surface area contributed by atoms with Gasteiger partial charge in [0.15, 0.2) is 11.5 Å². The molecule has 2 rings (SSSR count). The van der Waals surface area contributed by atoms with Crippen molar-refractivity contribution in [3.8, 4) is 17.2 Å². The Bertz CT molecular complexity index is 632. The van der Waals surface area contributed by atoms with E-state index in [0.29, 0.717) is 30.4 Å². The molecule has 0 bridgehead atoms. The lowest BCUT2D eigenvalue weighted by Gasteiger charge is -2.14. The molecule has 5 nitrogen and oxygen atoms in total. The molecule has 24 heavy (non-hydrogen) atoms. The van der Waals surface area contributed by atoms with Gasteiger partial charge in [-0.1, -0.05) is 37.3 Å². The maximum Gasteiger partial charge on any atom is 0.203 e. The third-order valence-electron chi connectivity index (χ3n) is 3.36. The van der Waals surface area contributed by atoms with Gasteiger partial charge in [-0.15, -0.1) is 0 Å². The summed E-state index contributed by atoms with van der Waals surface area (Å²) >= 11 is 0. The highest BCUT2D eigenvalue weighted by Crippen LogP contribution is 2.38. The normalized spacial score (nSPS) is 10.6. The molecule has 0 atom stereocenters. The Hall–Kier alpha value is -2.69. The van der Waals surface area contributed by atoms with E-state index < -0.39 is 0 Å². The van der Waals surface area contributed by atoms with Crippen LogP contribution in [0.4, 0.5) is 0 Å². The zero-order chi connectivity index (χ0) is 17.2. The predicted molar refractivity (Wildman–Crippen MR) is 96.2 cm³/mol. The Labute approximate surface area is 143 Å². The summed E-state index contributed by atoms with van der Waals surface area (Å²) in [6.45, 7) is 3.33. The standard InChI is InChI=1S/C19H24N2O3/c1-4-10-24-19-17(22-2)11-16(12-18(19)23-3)14-21-20-13-15-8-6-5-7-9-15/h5-9,11-12,14,20H,4,10,13H2,1-3H3. The molecular weight excluding hydrogens is 304 g/mol. The number of methoxy groups -OCH3 is 2. The SMILES string of the molecule is CCCOc1c(OC)cc(C=NNCc2ccccc2)cc1OC. The highest BCUT2D eigenvalue weighted by Gasteiger charge is 2.13. The fourth-order valence-electron chi connectivity index (χ4n) is 2.17. The number of ether oxygens (including phenoxy) is 3. The van der Waals surface area contributed by atoms with Gasteiger partial charge in [0.1, 0.15) is 0 Å². The Kier molecular flexibility index (Phi) is 6.95. The van der Waals surface area contributed by atoms with Crippen molar-refractivity contribution in [3.63, 3.8) is 0 Å². The first-order valence-corrected chi connectivity index (χ1v) is 7.97. The molecule has 0 fully saturated rings. The zero-order valence-corrected chi connectivity index (χ0v) is 14.4. The third-order valence-corrected chi connectivity index (χ3v) is 3.36. The number of nitrogens with zero attached hydrogens (tertiary/aromatic N) is 1. The second-order valence-corrected chi connectivity index (χ2v) is 5.18. The van der Waals surface area contributed by atoms with Gasteiger partial charge in [-0.3, -0.25) is 0 Å². The maximum absolute atomic E-state index is 5.73. The van der Waals surface area contributed by atoms with Crippen molar-refractivity contribution >= 4 is 6.21 Å². The van der Waals surface area contributed by atoms with Crippen LogP contribution in [0.1, 0.15) is 24.5 Å². The molecule has 0 aliphatic rings. The Morgan fingerprint density at radius 1 is 1.04 bits per heavy atom. The molecule has 0 radical (unpaired) electrons. The van der Waals surface area contributed by atoms with E-state index in [-0.39, 0.29) is 0 Å². The van der Waals surface area contributed by atoms with Gasteiger partial charge in [0.2, 0.25) is 5.75 Å². The van der Waals surface area contributed by atoms with E-state index in [0.717, 1.165) is 12.0 Å². The third kappa shape index (κ3) is 4.91. The van der Waals surface area contributed by atoms with Gasteiger partial charge in [-0.05, 0) is 24.1 Å². The van der Waals surface area contributed by atoms with Crippen LogP contribution in [0, 0.1) is 0 Å². The highest BCUT2D eigenvalue weighted by atomic mass is 16.5. The average molecular weight is 328 g/mol. The van der Waals surface area contributed by atoms with Crippen LogP contribution in [0.15, 0.2) is 47.6 Å². The largest absolute Gasteiger partial charge is 0.493 e. The molecule has 0 amide bonds. The molecular formula is C19H24N2O3. The van der Waals surface area contributed by atoms with E-state index in [2.05, 4.69) is 29.6 Å². The van der Waals surface area contributed by atoms with E-state index in [9.17, 15) is 0 Å². The Morgan fingerprint density at radius 3 is 2.29 bits per heavy atom. The smallest absolute Gasteiger partial charge is 0.203 e. The summed E-state index contributed by atoms with van der Waals surface area (Å²) in [6.07, 6.45) is 2.65. The summed E-state index contributed by atoms with van der Waals surface area (Å²) in [6, 6.07) is 13.9. The van der Waals surface area contributed by atoms with Crippen LogP contribution in [-0.4, -0.2) is 27.0 Å². The molecule has 0 saturated heterocycles. The van der Waals surface area contributed by atoms with Crippen molar-refractivity contribution in [1.29, 1.82) is 0 Å². The lowest BCUT2D eigenvalue weighted by molar-refractivity contribution is 0.275. The van der Waals surface area contributed by atoms with Crippen LogP contribution >= 0.6 is 0 Å². The van der Waals surface area contributed by atoms with Crippen molar-refractivity contribution in [3.05, 3.63) is 53.6 Å². The Balaban J connectivity index is 2.07. The monoisotopic (exact) mass is 328 g/mol. The van der Waals surface area contributed by atoms with E-state index in [1.807, 2.05) is 30.3 Å². The molecule has 128 valence electrons. The number of hydrogen-bond acceptors (Lipinski definition) is 5. The second kappa shape index (κ2) is 9.45. The first-order chi connectivity index (χ1) is 11.8. The minimum atomic E-state index is 0.610. The fourth-order valence-corrected chi connectivity index (χ4v) is 2.17. The summed E-state index contributed by atoms with van der Waals surface area (Å²) in [4.78, 5) is 0. The lowest BCUT2D eigenvalue weighted by Crippen LogP contribution is -2.05. The lowest BCUT2D eigenvalue weighted by atomic mass is 10.2. The molecule has 0 heterocycles. The van der Waals surface area contributed by atoms with E-state index in [4.69, 9.17) is 14.2 Å². The van der Waals surface area contributed by atoms with Crippen LogP contribution in [0.2, 0.25) is 0 Å². The predicted octanol–water partition coefficient (Wildman–Crippen LogP) is 3.62. The van der Waals surface area contributed by atoms with Crippen molar-refractivity contribution < 1.29 is 14.2 Å². The first kappa shape index (κ1) is 17.7. The molecule has 0 aromatic heterocycles. The summed E-state index contributed by atoms with van der Waals surface area (Å²) in [5, 5.41) is 4.25. The van der Waals surface area contributed by atoms with Gasteiger partial charge in [-0.2, -0.15) is 5.10 Å². The summed E-state index contributed by atoms with van der Waals surface area (Å²) in [7, 11) is 3.23. The number of hydrazone groups is 1. The number of hydrogen-bond donors (Lipinski definition) is 1. The summed E-state index contributed by atoms with van der Waals surface area (Å²) in [5.74, 6) is 1.89. The van der Waals surface area contributed by atoms with Gasteiger partial charge in [0.25, 0.3) is 0 Å². The quantitative estimate of drug-likeness (QED) is 0.564. The minimum absolute atomic E-state index is 0.610. The van der Waals surface area contributed by atoms with Crippen molar-refractivity contribution in [2.24, 2.45) is 5.10 Å². The molecule has 0 saturated carbocycles. The molecule has 0 spiro atoms. The Morgan fingerprint density at radius 2 is 1.71 bits per heavy atom. The summed E-state index contributed by atoms with van der Waals surface area (Å²) in [5.41, 5.74) is 5.07. The van der Waals surface area contributed by atoms with Crippen molar-refractivity contribution in [1.82, 2.24) is 5.43 Å². The minimum Gasteiger partial charge on any atom is -0.493 e. The number of nitrogens with one attached hydrogen (secondary N) is 1. The maximum atomic E-state index is 5.73.